The number of urea groups is 1. The first kappa shape index (κ1) is 26.6. The van der Waals surface area contributed by atoms with Crippen LogP contribution in [0.25, 0.3) is 6.08 Å². The molecule has 0 aromatic heterocycles. The van der Waals surface area contributed by atoms with Gasteiger partial charge in [0.05, 0.1) is 12.2 Å². The molecule has 3 heterocycles. The molecule has 1 aromatic rings. The van der Waals surface area contributed by atoms with Crippen LogP contribution >= 0.6 is 0 Å². The second kappa shape index (κ2) is 9.92. The SMILES string of the molecule is Cc1cc(N2C(=O)CNC2=O)cc(C)c1/C=C/S(=O)(=O)N1CCC2(CC1)N=C(C1CCC(C)CC1)NC2=O. The summed E-state index contributed by atoms with van der Waals surface area (Å²) in [7, 11) is -3.72. The number of imide groups is 1. The molecule has 204 valence electrons. The van der Waals surface area contributed by atoms with E-state index in [4.69, 9.17) is 4.99 Å². The Morgan fingerprint density at radius 3 is 2.24 bits per heavy atom. The van der Waals surface area contributed by atoms with Crippen LogP contribution < -0.4 is 15.5 Å². The van der Waals surface area contributed by atoms with Gasteiger partial charge in [-0.25, -0.2) is 18.1 Å². The van der Waals surface area contributed by atoms with Gasteiger partial charge < -0.3 is 10.6 Å². The van der Waals surface area contributed by atoms with E-state index in [9.17, 15) is 22.8 Å². The minimum Gasteiger partial charge on any atom is -0.328 e. The van der Waals surface area contributed by atoms with Gasteiger partial charge in [0.2, 0.25) is 10.0 Å². The predicted molar refractivity (Wildman–Crippen MR) is 145 cm³/mol. The molecule has 3 fully saturated rings. The fourth-order valence-corrected chi connectivity index (χ4v) is 7.16. The first-order valence-corrected chi connectivity index (χ1v) is 14.8. The van der Waals surface area contributed by atoms with Crippen molar-refractivity contribution in [3.63, 3.8) is 0 Å². The molecule has 5 rings (SSSR count). The van der Waals surface area contributed by atoms with E-state index < -0.39 is 21.6 Å². The van der Waals surface area contributed by atoms with E-state index in [1.807, 2.05) is 13.8 Å². The number of hydrogen-bond donors (Lipinski definition) is 2. The molecule has 0 atom stereocenters. The van der Waals surface area contributed by atoms with Crippen molar-refractivity contribution in [2.45, 2.75) is 64.8 Å². The number of rotatable bonds is 5. The van der Waals surface area contributed by atoms with Crippen LogP contribution in [-0.2, 0) is 19.6 Å². The van der Waals surface area contributed by atoms with Crippen LogP contribution in [0.3, 0.4) is 0 Å². The minimum absolute atomic E-state index is 0.0396. The average molecular weight is 542 g/mol. The van der Waals surface area contributed by atoms with Gasteiger partial charge in [-0.15, -0.1) is 0 Å². The number of hydrogen-bond acceptors (Lipinski definition) is 6. The summed E-state index contributed by atoms with van der Waals surface area (Å²) < 4.78 is 27.7. The van der Waals surface area contributed by atoms with Gasteiger partial charge in [0.25, 0.3) is 11.8 Å². The molecule has 4 amide bonds. The number of amides is 4. The summed E-state index contributed by atoms with van der Waals surface area (Å²) in [5.41, 5.74) is 1.80. The molecule has 2 saturated heterocycles. The molecule has 2 N–H and O–H groups in total. The van der Waals surface area contributed by atoms with Gasteiger partial charge >= 0.3 is 6.03 Å². The van der Waals surface area contributed by atoms with E-state index in [0.717, 1.165) is 47.5 Å². The number of nitrogens with zero attached hydrogens (tertiary/aromatic N) is 3. The fourth-order valence-electron chi connectivity index (χ4n) is 5.99. The van der Waals surface area contributed by atoms with Crippen molar-refractivity contribution in [1.29, 1.82) is 0 Å². The Balaban J connectivity index is 1.27. The Morgan fingerprint density at radius 1 is 1.03 bits per heavy atom. The maximum absolute atomic E-state index is 13.2. The summed E-state index contributed by atoms with van der Waals surface area (Å²) in [6.45, 7) is 6.29. The van der Waals surface area contributed by atoms with Gasteiger partial charge in [0.15, 0.2) is 0 Å². The Kier molecular flexibility index (Phi) is 6.93. The quantitative estimate of drug-likeness (QED) is 0.554. The first-order chi connectivity index (χ1) is 18.0. The highest BCUT2D eigenvalue weighted by molar-refractivity contribution is 7.92. The molecule has 1 aromatic carbocycles. The third-order valence-electron chi connectivity index (χ3n) is 8.40. The number of anilines is 1. The van der Waals surface area contributed by atoms with Crippen molar-refractivity contribution in [2.75, 3.05) is 24.5 Å². The average Bonchev–Trinajstić information content (AvgIpc) is 3.37. The molecule has 1 saturated carbocycles. The summed E-state index contributed by atoms with van der Waals surface area (Å²) in [6.07, 6.45) is 6.61. The number of aryl methyl sites for hydroxylation is 2. The van der Waals surface area contributed by atoms with Gasteiger partial charge in [-0.05, 0) is 80.3 Å². The topological polar surface area (TPSA) is 128 Å². The van der Waals surface area contributed by atoms with E-state index in [2.05, 4.69) is 17.6 Å². The lowest BCUT2D eigenvalue weighted by molar-refractivity contribution is -0.125. The van der Waals surface area contributed by atoms with Crippen molar-refractivity contribution >= 4 is 45.5 Å². The molecule has 4 aliphatic rings. The van der Waals surface area contributed by atoms with Crippen LogP contribution in [0.2, 0.25) is 0 Å². The lowest BCUT2D eigenvalue weighted by atomic mass is 9.82. The number of amidine groups is 1. The van der Waals surface area contributed by atoms with Crippen LogP contribution in [0.15, 0.2) is 22.5 Å². The van der Waals surface area contributed by atoms with Gasteiger partial charge in [-0.2, -0.15) is 4.31 Å². The van der Waals surface area contributed by atoms with Gasteiger partial charge in [0, 0.05) is 24.4 Å². The second-order valence-electron chi connectivity index (χ2n) is 11.1. The van der Waals surface area contributed by atoms with Crippen molar-refractivity contribution in [1.82, 2.24) is 14.9 Å². The first-order valence-electron chi connectivity index (χ1n) is 13.3. The van der Waals surface area contributed by atoms with Crippen molar-refractivity contribution in [3.05, 3.63) is 34.2 Å². The third kappa shape index (κ3) is 4.89. The van der Waals surface area contributed by atoms with Crippen molar-refractivity contribution < 1.29 is 22.8 Å². The number of nitrogens with one attached hydrogen (secondary N) is 2. The molecule has 3 aliphatic heterocycles. The Morgan fingerprint density at radius 2 is 1.66 bits per heavy atom. The highest BCUT2D eigenvalue weighted by atomic mass is 32.2. The second-order valence-corrected chi connectivity index (χ2v) is 12.9. The molecule has 0 radical (unpaired) electrons. The number of piperidine rings is 1. The monoisotopic (exact) mass is 541 g/mol. The Labute approximate surface area is 223 Å². The van der Waals surface area contributed by atoms with Gasteiger partial charge in [-0.3, -0.25) is 14.6 Å². The minimum atomic E-state index is -3.72. The molecular formula is C27H35N5O5S. The summed E-state index contributed by atoms with van der Waals surface area (Å²) in [5, 5.41) is 6.72. The summed E-state index contributed by atoms with van der Waals surface area (Å²) >= 11 is 0. The van der Waals surface area contributed by atoms with Crippen molar-refractivity contribution in [2.24, 2.45) is 16.8 Å². The number of benzene rings is 1. The maximum atomic E-state index is 13.2. The molecule has 1 spiro atoms. The lowest BCUT2D eigenvalue weighted by Gasteiger charge is -2.34. The smallest absolute Gasteiger partial charge is 0.328 e. The molecule has 0 bridgehead atoms. The predicted octanol–water partition coefficient (Wildman–Crippen LogP) is 2.85. The molecule has 1 aliphatic carbocycles. The zero-order valence-corrected chi connectivity index (χ0v) is 22.9. The maximum Gasteiger partial charge on any atom is 0.329 e. The van der Waals surface area contributed by atoms with E-state index in [-0.39, 0.29) is 37.4 Å². The number of carbonyl (C=O) groups is 3. The zero-order valence-electron chi connectivity index (χ0n) is 22.1. The summed E-state index contributed by atoms with van der Waals surface area (Å²) in [4.78, 5) is 42.9. The number of carbonyl (C=O) groups excluding carboxylic acids is 3. The summed E-state index contributed by atoms with van der Waals surface area (Å²) in [6, 6.07) is 2.94. The largest absolute Gasteiger partial charge is 0.329 e. The van der Waals surface area contributed by atoms with Crippen molar-refractivity contribution in [3.8, 4) is 0 Å². The van der Waals surface area contributed by atoms with E-state index >= 15 is 0 Å². The molecule has 0 unspecified atom stereocenters. The van der Waals surface area contributed by atoms with E-state index in [1.165, 1.54) is 9.71 Å². The van der Waals surface area contributed by atoms with E-state index in [1.54, 1.807) is 18.2 Å². The number of aliphatic imine (C=N–C) groups is 1. The van der Waals surface area contributed by atoms with Crippen LogP contribution in [0.5, 0.6) is 0 Å². The Hall–Kier alpha value is -3.05. The molecule has 10 nitrogen and oxygen atoms in total. The summed E-state index contributed by atoms with van der Waals surface area (Å²) in [5.74, 6) is 1.36. The highest BCUT2D eigenvalue weighted by Gasteiger charge is 2.48. The van der Waals surface area contributed by atoms with E-state index in [0.29, 0.717) is 30.0 Å². The standard InChI is InChI=1S/C27H35N5O5S/c1-17-4-6-20(7-5-17)24-29-25(34)27(30-24)9-11-31(12-10-27)38(36,37)13-8-22-18(2)14-21(15-19(22)3)32-23(33)16-28-26(32)35/h8,13-15,17,20H,4-7,9-12,16H2,1-3H3,(H,28,35)(H,29,30,34)/b13-8+. The normalized spacial score (nSPS) is 26.2. The third-order valence-corrected chi connectivity index (χ3v) is 9.96. The van der Waals surface area contributed by atoms with Crippen LogP contribution in [0.1, 0.15) is 62.1 Å². The molecule has 38 heavy (non-hydrogen) atoms. The van der Waals surface area contributed by atoms with Crippen LogP contribution in [0, 0.1) is 25.7 Å². The zero-order chi connectivity index (χ0) is 27.2. The van der Waals surface area contributed by atoms with Gasteiger partial charge in [-0.1, -0.05) is 19.8 Å². The Bertz CT molecular complexity index is 1300. The molecule has 11 heteroatoms. The fraction of sp³-hybridized carbons (Fsp3) is 0.556. The highest BCUT2D eigenvalue weighted by Crippen LogP contribution is 2.36. The lowest BCUT2D eigenvalue weighted by Crippen LogP contribution is -2.50. The number of sulfonamides is 1. The molecular weight excluding hydrogens is 506 g/mol. The van der Waals surface area contributed by atoms with Crippen LogP contribution in [-0.4, -0.2) is 61.6 Å². The van der Waals surface area contributed by atoms with Crippen LogP contribution in [0.4, 0.5) is 10.5 Å². The van der Waals surface area contributed by atoms with Gasteiger partial charge in [0.1, 0.15) is 11.4 Å².